The summed E-state index contributed by atoms with van der Waals surface area (Å²) in [6.07, 6.45) is 1.62. The van der Waals surface area contributed by atoms with Crippen LogP contribution in [0.25, 0.3) is 21.8 Å². The number of rotatable bonds is 6. The second-order valence-corrected chi connectivity index (χ2v) is 7.03. The number of hydrogen-bond acceptors (Lipinski definition) is 4. The van der Waals surface area contributed by atoms with E-state index in [4.69, 9.17) is 9.15 Å². The van der Waals surface area contributed by atoms with Gasteiger partial charge >= 0.3 is 0 Å². The highest BCUT2D eigenvalue weighted by molar-refractivity contribution is 6.17. The molecule has 1 aromatic carbocycles. The van der Waals surface area contributed by atoms with Crippen LogP contribution < -0.4 is 10.9 Å². The number of ether oxygens (including phenoxy) is 1. The van der Waals surface area contributed by atoms with Crippen LogP contribution >= 0.6 is 0 Å². The van der Waals surface area contributed by atoms with Gasteiger partial charge in [0.25, 0.3) is 11.5 Å². The number of para-hydroxylation sites is 1. The molecule has 4 rings (SSSR count). The third-order valence-corrected chi connectivity index (χ3v) is 5.12. The zero-order valence-electron chi connectivity index (χ0n) is 16.7. The number of pyridine rings is 1. The van der Waals surface area contributed by atoms with Crippen molar-refractivity contribution >= 4 is 27.7 Å². The largest absolute Gasteiger partial charge is 0.465 e. The van der Waals surface area contributed by atoms with Crippen molar-refractivity contribution < 1.29 is 13.9 Å². The number of aromatic nitrogens is 2. The highest BCUT2D eigenvalue weighted by atomic mass is 16.5. The first kappa shape index (κ1) is 19.0. The fourth-order valence-corrected chi connectivity index (χ4v) is 3.70. The lowest BCUT2D eigenvalue weighted by molar-refractivity contribution is 0.0948. The molecule has 3 heterocycles. The number of hydrogen-bond donors (Lipinski definition) is 1. The summed E-state index contributed by atoms with van der Waals surface area (Å²) in [4.78, 5) is 26.2. The number of benzene rings is 1. The molecule has 0 aliphatic carbocycles. The molecule has 0 atom stereocenters. The number of carbonyl (C=O) groups is 1. The average Bonchev–Trinajstić information content (AvgIpc) is 3.27. The zero-order chi connectivity index (χ0) is 20.5. The van der Waals surface area contributed by atoms with E-state index in [2.05, 4.69) is 5.32 Å². The summed E-state index contributed by atoms with van der Waals surface area (Å²) in [6, 6.07) is 11.4. The Bertz CT molecular complexity index is 1260. The van der Waals surface area contributed by atoms with Gasteiger partial charge in [-0.05, 0) is 25.1 Å². The lowest BCUT2D eigenvalue weighted by Gasteiger charge is -2.11. The molecule has 0 saturated heterocycles. The van der Waals surface area contributed by atoms with E-state index >= 15 is 0 Å². The van der Waals surface area contributed by atoms with Crippen molar-refractivity contribution in [3.63, 3.8) is 0 Å². The number of furan rings is 1. The quantitative estimate of drug-likeness (QED) is 0.546. The van der Waals surface area contributed by atoms with E-state index in [0.29, 0.717) is 35.4 Å². The predicted octanol–water partition coefficient (Wildman–Crippen LogP) is 2.97. The van der Waals surface area contributed by atoms with Crippen molar-refractivity contribution in [3.8, 4) is 0 Å². The van der Waals surface area contributed by atoms with Gasteiger partial charge in [-0.1, -0.05) is 18.2 Å². The second-order valence-electron chi connectivity index (χ2n) is 7.03. The number of carbonyl (C=O) groups excluding carboxylic acids is 1. The Morgan fingerprint density at radius 1 is 1.21 bits per heavy atom. The molecule has 0 unspecified atom stereocenters. The first-order valence-corrected chi connectivity index (χ1v) is 9.44. The van der Waals surface area contributed by atoms with Gasteiger partial charge in [0.05, 0.1) is 18.7 Å². The van der Waals surface area contributed by atoms with E-state index < -0.39 is 0 Å². The minimum absolute atomic E-state index is 0.144. The molecule has 4 aromatic rings. The lowest BCUT2D eigenvalue weighted by atomic mass is 10.1. The Kier molecular flexibility index (Phi) is 4.98. The fraction of sp³-hybridized carbons (Fsp3) is 0.273. The summed E-state index contributed by atoms with van der Waals surface area (Å²) in [7, 11) is 3.43. The fourth-order valence-electron chi connectivity index (χ4n) is 3.70. The normalized spacial score (nSPS) is 11.4. The van der Waals surface area contributed by atoms with Crippen LogP contribution in [0.1, 0.15) is 21.9 Å². The maximum atomic E-state index is 13.1. The van der Waals surface area contributed by atoms with Crippen LogP contribution in [0, 0.1) is 6.92 Å². The molecule has 0 spiro atoms. The van der Waals surface area contributed by atoms with E-state index in [1.165, 1.54) is 4.57 Å². The molecule has 1 N–H and O–H groups in total. The highest BCUT2D eigenvalue weighted by Gasteiger charge is 2.21. The Labute approximate surface area is 167 Å². The lowest BCUT2D eigenvalue weighted by Crippen LogP contribution is -2.28. The summed E-state index contributed by atoms with van der Waals surface area (Å²) in [5, 5.41) is 4.45. The van der Waals surface area contributed by atoms with Gasteiger partial charge in [-0.15, -0.1) is 0 Å². The molecule has 7 heteroatoms. The summed E-state index contributed by atoms with van der Waals surface area (Å²) in [5.41, 5.74) is 1.72. The summed E-state index contributed by atoms with van der Waals surface area (Å²) in [5.74, 6) is 1.21. The van der Waals surface area contributed by atoms with Crippen molar-refractivity contribution in [3.05, 3.63) is 70.0 Å². The van der Waals surface area contributed by atoms with Gasteiger partial charge in [-0.25, -0.2) is 0 Å². The minimum Gasteiger partial charge on any atom is -0.465 e. The van der Waals surface area contributed by atoms with Crippen LogP contribution in [-0.2, 0) is 24.9 Å². The molecule has 150 valence electrons. The van der Waals surface area contributed by atoms with Gasteiger partial charge in [0, 0.05) is 43.2 Å². The molecule has 1 amide bonds. The zero-order valence-corrected chi connectivity index (χ0v) is 16.7. The molecule has 7 nitrogen and oxygen atoms in total. The van der Waals surface area contributed by atoms with Gasteiger partial charge in [0.15, 0.2) is 0 Å². The molecule has 0 bridgehead atoms. The maximum absolute atomic E-state index is 13.1. The number of methoxy groups -OCH3 is 1. The van der Waals surface area contributed by atoms with Crippen LogP contribution in [-0.4, -0.2) is 28.8 Å². The van der Waals surface area contributed by atoms with Crippen molar-refractivity contribution in [2.24, 2.45) is 7.05 Å². The Morgan fingerprint density at radius 3 is 2.72 bits per heavy atom. The van der Waals surface area contributed by atoms with Crippen molar-refractivity contribution in [1.29, 1.82) is 0 Å². The van der Waals surface area contributed by atoms with E-state index in [-0.39, 0.29) is 18.0 Å². The van der Waals surface area contributed by atoms with Gasteiger partial charge in [-0.2, -0.15) is 0 Å². The van der Waals surface area contributed by atoms with Gasteiger partial charge < -0.3 is 23.6 Å². The first-order chi connectivity index (χ1) is 14.0. The SMILES string of the molecule is COCCn1cc(C(=O)NCc2ccc(C)o2)c2c3ccccc3n(C)c2c1=O. The van der Waals surface area contributed by atoms with Crippen LogP contribution in [0.5, 0.6) is 0 Å². The minimum atomic E-state index is -0.258. The molecular formula is C22H23N3O4. The Morgan fingerprint density at radius 2 is 2.00 bits per heavy atom. The smallest absolute Gasteiger partial charge is 0.275 e. The molecule has 0 saturated carbocycles. The summed E-state index contributed by atoms with van der Waals surface area (Å²) < 4.78 is 14.1. The van der Waals surface area contributed by atoms with Crippen LogP contribution in [0.4, 0.5) is 0 Å². The third kappa shape index (κ3) is 3.34. The van der Waals surface area contributed by atoms with Crippen LogP contribution in [0.3, 0.4) is 0 Å². The molecular weight excluding hydrogens is 370 g/mol. The average molecular weight is 393 g/mol. The summed E-state index contributed by atoms with van der Waals surface area (Å²) in [6.45, 7) is 2.87. The Balaban J connectivity index is 1.86. The van der Waals surface area contributed by atoms with E-state index in [0.717, 1.165) is 16.7 Å². The molecule has 0 aliphatic heterocycles. The number of fused-ring (bicyclic) bond motifs is 3. The number of nitrogens with one attached hydrogen (secondary N) is 1. The maximum Gasteiger partial charge on any atom is 0.275 e. The highest BCUT2D eigenvalue weighted by Crippen LogP contribution is 2.29. The number of aryl methyl sites for hydroxylation is 2. The molecule has 29 heavy (non-hydrogen) atoms. The molecule has 0 radical (unpaired) electrons. The van der Waals surface area contributed by atoms with Gasteiger partial charge in [0.1, 0.15) is 17.0 Å². The summed E-state index contributed by atoms with van der Waals surface area (Å²) >= 11 is 0. The van der Waals surface area contributed by atoms with Gasteiger partial charge in [0.2, 0.25) is 0 Å². The second kappa shape index (κ2) is 7.60. The topological polar surface area (TPSA) is 78.4 Å². The number of amides is 1. The van der Waals surface area contributed by atoms with E-state index in [1.807, 2.05) is 54.9 Å². The first-order valence-electron chi connectivity index (χ1n) is 9.44. The van der Waals surface area contributed by atoms with Crippen molar-refractivity contribution in [2.45, 2.75) is 20.0 Å². The van der Waals surface area contributed by atoms with Gasteiger partial charge in [-0.3, -0.25) is 9.59 Å². The molecule has 3 aromatic heterocycles. The standard InChI is InChI=1S/C22H23N3O4/c1-14-8-9-15(29-14)12-23-21(26)17-13-25(10-11-28-3)22(27)20-19(17)16-6-4-5-7-18(16)24(20)2/h4-9,13H,10-12H2,1-3H3,(H,23,26). The van der Waals surface area contributed by atoms with Crippen molar-refractivity contribution in [1.82, 2.24) is 14.5 Å². The molecule has 0 aliphatic rings. The third-order valence-electron chi connectivity index (χ3n) is 5.12. The van der Waals surface area contributed by atoms with Crippen LogP contribution in [0.2, 0.25) is 0 Å². The van der Waals surface area contributed by atoms with Crippen LogP contribution in [0.15, 0.2) is 51.8 Å². The number of nitrogens with zero attached hydrogens (tertiary/aromatic N) is 2. The van der Waals surface area contributed by atoms with E-state index in [1.54, 1.807) is 13.3 Å². The Hall–Kier alpha value is -3.32. The monoisotopic (exact) mass is 393 g/mol. The van der Waals surface area contributed by atoms with Crippen molar-refractivity contribution in [2.75, 3.05) is 13.7 Å². The van der Waals surface area contributed by atoms with E-state index in [9.17, 15) is 9.59 Å². The predicted molar refractivity (Wildman–Crippen MR) is 111 cm³/mol. The molecule has 0 fully saturated rings.